The molecule has 2 heterocycles. The summed E-state index contributed by atoms with van der Waals surface area (Å²) >= 11 is 1.49. The van der Waals surface area contributed by atoms with E-state index < -0.39 is 11.7 Å². The number of nitrogens with zero attached hydrogens (tertiary/aromatic N) is 1. The maximum absolute atomic E-state index is 12.6. The maximum atomic E-state index is 12.6. The van der Waals surface area contributed by atoms with Gasteiger partial charge < -0.3 is 10.6 Å². The lowest BCUT2D eigenvalue weighted by Crippen LogP contribution is -2.11. The van der Waals surface area contributed by atoms with E-state index in [1.807, 2.05) is 16.1 Å². The van der Waals surface area contributed by atoms with Crippen LogP contribution in [0.15, 0.2) is 65.8 Å². The molecule has 0 aliphatic carbocycles. The van der Waals surface area contributed by atoms with Crippen LogP contribution in [0.4, 0.5) is 24.5 Å². The van der Waals surface area contributed by atoms with Gasteiger partial charge in [-0.25, -0.2) is 0 Å². The molecule has 8 heteroatoms. The van der Waals surface area contributed by atoms with E-state index in [1.54, 1.807) is 18.5 Å². The van der Waals surface area contributed by atoms with Gasteiger partial charge in [0, 0.05) is 35.2 Å². The van der Waals surface area contributed by atoms with Crippen molar-refractivity contribution in [1.82, 2.24) is 3.97 Å². The minimum absolute atomic E-state index is 0.310. The Hall–Kier alpha value is -2.87. The predicted molar refractivity (Wildman–Crippen MR) is 104 cm³/mol. The zero-order valence-corrected chi connectivity index (χ0v) is 15.4. The van der Waals surface area contributed by atoms with Crippen LogP contribution < -0.4 is 10.6 Å². The monoisotopic (exact) mass is 403 g/mol. The molecule has 2 N–H and O–H groups in total. The summed E-state index contributed by atoms with van der Waals surface area (Å²) in [6.45, 7) is 0.946. The first-order valence-corrected chi connectivity index (χ1v) is 9.37. The number of hydrogen-bond donors (Lipinski definition) is 2. The fraction of sp³-hybridized carbons (Fsp3) is 0.150. The molecule has 28 heavy (non-hydrogen) atoms. The van der Waals surface area contributed by atoms with Crippen LogP contribution >= 0.6 is 11.9 Å². The van der Waals surface area contributed by atoms with Crippen LogP contribution in [-0.2, 0) is 12.6 Å². The number of aromatic nitrogens is 1. The van der Waals surface area contributed by atoms with Crippen molar-refractivity contribution >= 4 is 29.2 Å². The van der Waals surface area contributed by atoms with Crippen molar-refractivity contribution in [3.63, 3.8) is 0 Å². The highest BCUT2D eigenvalue weighted by Gasteiger charge is 2.30. The zero-order chi connectivity index (χ0) is 19.7. The van der Waals surface area contributed by atoms with Gasteiger partial charge in [-0.2, -0.15) is 13.2 Å². The molecule has 0 spiro atoms. The van der Waals surface area contributed by atoms with Crippen LogP contribution in [0, 0.1) is 0 Å². The number of halogens is 3. The first-order valence-electron chi connectivity index (χ1n) is 8.60. The number of alkyl halides is 3. The van der Waals surface area contributed by atoms with Crippen LogP contribution in [0.5, 0.6) is 0 Å². The quantitative estimate of drug-likeness (QED) is 0.623. The Morgan fingerprint density at radius 2 is 1.89 bits per heavy atom. The van der Waals surface area contributed by atoms with Gasteiger partial charge in [0.1, 0.15) is 0 Å². The lowest BCUT2D eigenvalue weighted by Gasteiger charge is -2.08. The van der Waals surface area contributed by atoms with Crippen molar-refractivity contribution in [3.8, 4) is 0 Å². The third-order valence-corrected chi connectivity index (χ3v) is 5.30. The van der Waals surface area contributed by atoms with E-state index in [0.29, 0.717) is 11.3 Å². The van der Waals surface area contributed by atoms with Gasteiger partial charge in [0.15, 0.2) is 0 Å². The number of hydrogen-bond acceptors (Lipinski definition) is 3. The highest BCUT2D eigenvalue weighted by Crippen LogP contribution is 2.31. The van der Waals surface area contributed by atoms with Crippen LogP contribution in [0.1, 0.15) is 21.5 Å². The number of amides is 1. The molecule has 144 valence electrons. The van der Waals surface area contributed by atoms with Crippen LogP contribution in [-0.4, -0.2) is 16.4 Å². The topological polar surface area (TPSA) is 46.1 Å². The predicted octanol–water partition coefficient (Wildman–Crippen LogP) is 5.28. The molecule has 4 nitrogen and oxygen atoms in total. The Morgan fingerprint density at radius 3 is 2.64 bits per heavy atom. The summed E-state index contributed by atoms with van der Waals surface area (Å²) in [5.41, 5.74) is 2.42. The molecule has 3 aromatic rings. The SMILES string of the molecule is O=C(Nc1ccc(C(F)(F)F)cc1)c1ccn(Sc2ccc3c(c2)CCN3)c1. The maximum Gasteiger partial charge on any atom is 0.416 e. The Morgan fingerprint density at radius 1 is 1.11 bits per heavy atom. The molecule has 1 aromatic heterocycles. The summed E-state index contributed by atoms with van der Waals surface area (Å²) in [5, 5.41) is 5.92. The van der Waals surface area contributed by atoms with Crippen LogP contribution in [0.25, 0.3) is 0 Å². The number of nitrogens with one attached hydrogen (secondary N) is 2. The second-order valence-corrected chi connectivity index (χ2v) is 7.45. The number of benzene rings is 2. The summed E-state index contributed by atoms with van der Waals surface area (Å²) in [7, 11) is 0. The van der Waals surface area contributed by atoms with Crippen molar-refractivity contribution in [2.75, 3.05) is 17.2 Å². The second kappa shape index (κ2) is 7.27. The van der Waals surface area contributed by atoms with Gasteiger partial charge in [-0.15, -0.1) is 0 Å². The molecule has 0 fully saturated rings. The first-order chi connectivity index (χ1) is 13.4. The largest absolute Gasteiger partial charge is 0.416 e. The van der Waals surface area contributed by atoms with Crippen molar-refractivity contribution in [3.05, 3.63) is 77.6 Å². The third kappa shape index (κ3) is 4.01. The Bertz CT molecular complexity index is 1010. The molecule has 0 unspecified atom stereocenters. The van der Waals surface area contributed by atoms with Gasteiger partial charge in [-0.05, 0) is 72.5 Å². The third-order valence-electron chi connectivity index (χ3n) is 4.40. The van der Waals surface area contributed by atoms with E-state index in [4.69, 9.17) is 0 Å². The fourth-order valence-corrected chi connectivity index (χ4v) is 3.83. The highest BCUT2D eigenvalue weighted by atomic mass is 32.2. The smallest absolute Gasteiger partial charge is 0.384 e. The molecular weight excluding hydrogens is 387 g/mol. The van der Waals surface area contributed by atoms with Crippen molar-refractivity contribution < 1.29 is 18.0 Å². The summed E-state index contributed by atoms with van der Waals surface area (Å²) in [5.74, 6) is -0.378. The van der Waals surface area contributed by atoms with E-state index >= 15 is 0 Å². The minimum Gasteiger partial charge on any atom is -0.384 e. The van der Waals surface area contributed by atoms with Gasteiger partial charge in [0.2, 0.25) is 0 Å². The molecule has 1 amide bonds. The molecule has 1 aliphatic rings. The number of carbonyl (C=O) groups is 1. The van der Waals surface area contributed by atoms with Gasteiger partial charge in [0.05, 0.1) is 11.1 Å². The lowest BCUT2D eigenvalue weighted by molar-refractivity contribution is -0.137. The Balaban J connectivity index is 1.41. The molecule has 0 saturated heterocycles. The summed E-state index contributed by atoms with van der Waals surface area (Å²) in [6, 6.07) is 12.2. The standard InChI is InChI=1S/C20H16F3N3OS/c21-20(22,23)15-1-3-16(4-2-15)25-19(27)14-8-10-26(12-14)28-17-5-6-18-13(11-17)7-9-24-18/h1-6,8,10-12,24H,7,9H2,(H,25,27). The van der Waals surface area contributed by atoms with E-state index in [1.165, 1.54) is 29.6 Å². The molecule has 0 saturated carbocycles. The molecule has 0 atom stereocenters. The Labute approximate surface area is 163 Å². The van der Waals surface area contributed by atoms with Gasteiger partial charge >= 0.3 is 6.18 Å². The molecule has 1 aliphatic heterocycles. The fourth-order valence-electron chi connectivity index (χ4n) is 2.97. The molecule has 4 rings (SSSR count). The summed E-state index contributed by atoms with van der Waals surface area (Å²) < 4.78 is 39.6. The number of anilines is 2. The second-order valence-electron chi connectivity index (χ2n) is 6.38. The zero-order valence-electron chi connectivity index (χ0n) is 14.6. The van der Waals surface area contributed by atoms with Gasteiger partial charge in [-0.1, -0.05) is 0 Å². The lowest BCUT2D eigenvalue weighted by atomic mass is 10.2. The normalized spacial score (nSPS) is 13.1. The average molecular weight is 403 g/mol. The minimum atomic E-state index is -4.40. The summed E-state index contributed by atoms with van der Waals surface area (Å²) in [6.07, 6.45) is 0.0637. The van der Waals surface area contributed by atoms with Crippen LogP contribution in [0.3, 0.4) is 0 Å². The van der Waals surface area contributed by atoms with E-state index in [-0.39, 0.29) is 5.91 Å². The molecule has 0 radical (unpaired) electrons. The van der Waals surface area contributed by atoms with Gasteiger partial charge in [0.25, 0.3) is 5.91 Å². The van der Waals surface area contributed by atoms with Gasteiger partial charge in [-0.3, -0.25) is 8.77 Å². The van der Waals surface area contributed by atoms with Crippen molar-refractivity contribution in [1.29, 1.82) is 0 Å². The number of rotatable bonds is 4. The molecule has 2 aromatic carbocycles. The van der Waals surface area contributed by atoms with Crippen LogP contribution in [0.2, 0.25) is 0 Å². The molecule has 0 bridgehead atoms. The summed E-state index contributed by atoms with van der Waals surface area (Å²) in [4.78, 5) is 13.4. The van der Waals surface area contributed by atoms with Crippen molar-refractivity contribution in [2.45, 2.75) is 17.5 Å². The first kappa shape index (κ1) is 18.5. The molecular formula is C20H16F3N3OS. The average Bonchev–Trinajstić information content (AvgIpc) is 3.30. The number of fused-ring (bicyclic) bond motifs is 1. The number of carbonyl (C=O) groups excluding carboxylic acids is 1. The Kier molecular flexibility index (Phi) is 4.80. The van der Waals surface area contributed by atoms with E-state index in [2.05, 4.69) is 16.7 Å². The van der Waals surface area contributed by atoms with Crippen molar-refractivity contribution in [2.24, 2.45) is 0 Å². The highest BCUT2D eigenvalue weighted by molar-refractivity contribution is 7.97. The van der Waals surface area contributed by atoms with E-state index in [9.17, 15) is 18.0 Å². The van der Waals surface area contributed by atoms with E-state index in [0.717, 1.165) is 35.7 Å².